The fraction of sp³-hybridized carbons (Fsp3) is 0.333. The first kappa shape index (κ1) is 13.1. The summed E-state index contributed by atoms with van der Waals surface area (Å²) in [5.74, 6) is 0.693. The average Bonchev–Trinajstić information content (AvgIpc) is 2.89. The number of benzene rings is 1. The van der Waals surface area contributed by atoms with Gasteiger partial charge >= 0.3 is 0 Å². The molecular weight excluding hydrogens is 250 g/mol. The van der Waals surface area contributed by atoms with Gasteiger partial charge in [0.05, 0.1) is 0 Å². The number of rotatable bonds is 5. The Labute approximate surface area is 109 Å². The first-order valence-electron chi connectivity index (χ1n) is 5.60. The molecule has 0 radical (unpaired) electrons. The van der Waals surface area contributed by atoms with E-state index in [1.807, 2.05) is 30.5 Å². The molecule has 0 spiro atoms. The summed E-state index contributed by atoms with van der Waals surface area (Å²) in [5, 5.41) is 13.5. The Morgan fingerprint density at radius 2 is 2.11 bits per heavy atom. The quantitative estimate of drug-likeness (QED) is 0.802. The van der Waals surface area contributed by atoms with Gasteiger partial charge in [0.15, 0.2) is 0 Å². The Kier molecular flexibility index (Phi) is 4.35. The van der Waals surface area contributed by atoms with Crippen LogP contribution in [0, 0.1) is 0 Å². The number of aliphatic hydroxyl groups excluding tert-OH is 1. The van der Waals surface area contributed by atoms with Crippen molar-refractivity contribution in [1.82, 2.24) is 10.1 Å². The van der Waals surface area contributed by atoms with Gasteiger partial charge in [0.2, 0.25) is 5.82 Å². The van der Waals surface area contributed by atoms with Gasteiger partial charge in [0.25, 0.3) is 5.89 Å². The van der Waals surface area contributed by atoms with E-state index in [2.05, 4.69) is 10.1 Å². The zero-order valence-corrected chi connectivity index (χ0v) is 10.9. The normalized spacial score (nSPS) is 12.6. The van der Waals surface area contributed by atoms with Crippen LogP contribution in [0.5, 0.6) is 0 Å². The van der Waals surface area contributed by atoms with Gasteiger partial charge in [-0.3, -0.25) is 0 Å². The Balaban J connectivity index is 2.18. The lowest BCUT2D eigenvalue weighted by molar-refractivity contribution is 0.127. The molecule has 0 bridgehead atoms. The van der Waals surface area contributed by atoms with Gasteiger partial charge in [-0.25, -0.2) is 0 Å². The van der Waals surface area contributed by atoms with Crippen molar-refractivity contribution in [2.75, 3.05) is 12.8 Å². The number of aromatic nitrogens is 2. The molecule has 6 heteroatoms. The van der Waals surface area contributed by atoms with Crippen molar-refractivity contribution in [3.05, 3.63) is 30.2 Å². The van der Waals surface area contributed by atoms with Crippen LogP contribution in [0.15, 0.2) is 33.7 Å². The van der Waals surface area contributed by atoms with E-state index in [0.717, 1.165) is 5.56 Å². The first-order chi connectivity index (χ1) is 8.74. The molecule has 96 valence electrons. The number of nitrogens with zero attached hydrogens (tertiary/aromatic N) is 2. The van der Waals surface area contributed by atoms with E-state index in [9.17, 15) is 5.11 Å². The van der Waals surface area contributed by atoms with Crippen molar-refractivity contribution in [1.29, 1.82) is 0 Å². The van der Waals surface area contributed by atoms with E-state index in [0.29, 0.717) is 18.8 Å². The molecular formula is C12H15N3O2S. The monoisotopic (exact) mass is 265 g/mol. The number of nitrogens with two attached hydrogens (primary N) is 1. The minimum absolute atomic E-state index is 0.212. The smallest absolute Gasteiger partial charge is 0.255 e. The van der Waals surface area contributed by atoms with Crippen LogP contribution < -0.4 is 5.73 Å². The second kappa shape index (κ2) is 5.99. The van der Waals surface area contributed by atoms with Gasteiger partial charge in [-0.15, -0.1) is 11.8 Å². The third-order valence-corrected chi connectivity index (χ3v) is 3.26. The molecule has 2 aromatic rings. The van der Waals surface area contributed by atoms with Gasteiger partial charge in [0, 0.05) is 10.5 Å². The summed E-state index contributed by atoms with van der Waals surface area (Å²) in [6, 6.07) is 7.84. The molecule has 0 fully saturated rings. The number of thioether (sulfide) groups is 1. The third-order valence-electron chi connectivity index (χ3n) is 2.52. The van der Waals surface area contributed by atoms with Crippen LogP contribution in [0.1, 0.15) is 18.4 Å². The van der Waals surface area contributed by atoms with E-state index < -0.39 is 6.10 Å². The molecule has 3 N–H and O–H groups in total. The minimum Gasteiger partial charge on any atom is -0.383 e. The Bertz CT molecular complexity index is 498. The zero-order chi connectivity index (χ0) is 13.0. The number of hydrogen-bond donors (Lipinski definition) is 2. The summed E-state index contributed by atoms with van der Waals surface area (Å²) in [4.78, 5) is 5.34. The van der Waals surface area contributed by atoms with Crippen molar-refractivity contribution in [3.8, 4) is 11.4 Å². The van der Waals surface area contributed by atoms with Crippen molar-refractivity contribution in [2.45, 2.75) is 17.4 Å². The molecule has 1 aromatic carbocycles. The Morgan fingerprint density at radius 1 is 1.39 bits per heavy atom. The second-order valence-electron chi connectivity index (χ2n) is 3.78. The molecule has 0 aliphatic rings. The maximum Gasteiger partial charge on any atom is 0.255 e. The van der Waals surface area contributed by atoms with Gasteiger partial charge in [-0.1, -0.05) is 5.16 Å². The highest BCUT2D eigenvalue weighted by atomic mass is 32.2. The predicted molar refractivity (Wildman–Crippen MR) is 70.1 cm³/mol. The lowest BCUT2D eigenvalue weighted by Crippen LogP contribution is -2.06. The van der Waals surface area contributed by atoms with Crippen LogP contribution in [-0.4, -0.2) is 28.0 Å². The fourth-order valence-electron chi connectivity index (χ4n) is 1.51. The summed E-state index contributed by atoms with van der Waals surface area (Å²) in [5.41, 5.74) is 6.23. The molecule has 0 aliphatic heterocycles. The lowest BCUT2D eigenvalue weighted by Gasteiger charge is -2.01. The molecule has 0 amide bonds. The van der Waals surface area contributed by atoms with Crippen LogP contribution >= 0.6 is 11.8 Å². The van der Waals surface area contributed by atoms with Crippen molar-refractivity contribution in [2.24, 2.45) is 5.73 Å². The van der Waals surface area contributed by atoms with E-state index in [1.54, 1.807) is 11.8 Å². The van der Waals surface area contributed by atoms with Crippen LogP contribution in [0.4, 0.5) is 0 Å². The molecule has 18 heavy (non-hydrogen) atoms. The summed E-state index contributed by atoms with van der Waals surface area (Å²) in [6.45, 7) is 0.376. The van der Waals surface area contributed by atoms with E-state index in [4.69, 9.17) is 10.3 Å². The Morgan fingerprint density at radius 3 is 2.72 bits per heavy atom. The van der Waals surface area contributed by atoms with Crippen molar-refractivity contribution >= 4 is 11.8 Å². The number of hydrogen-bond acceptors (Lipinski definition) is 6. The van der Waals surface area contributed by atoms with E-state index in [1.165, 1.54) is 4.90 Å². The maximum atomic E-state index is 9.68. The maximum absolute atomic E-state index is 9.68. The summed E-state index contributed by atoms with van der Waals surface area (Å²) < 4.78 is 5.02. The van der Waals surface area contributed by atoms with Crippen LogP contribution in [0.25, 0.3) is 11.4 Å². The van der Waals surface area contributed by atoms with Crippen LogP contribution in [-0.2, 0) is 0 Å². The Hall–Kier alpha value is -1.37. The highest BCUT2D eigenvalue weighted by Gasteiger charge is 2.15. The molecule has 2 rings (SSSR count). The molecule has 1 atom stereocenters. The van der Waals surface area contributed by atoms with Gasteiger partial charge in [-0.2, -0.15) is 4.98 Å². The molecule has 1 heterocycles. The molecule has 0 unspecified atom stereocenters. The molecule has 0 saturated heterocycles. The topological polar surface area (TPSA) is 85.2 Å². The van der Waals surface area contributed by atoms with E-state index >= 15 is 0 Å². The standard InChI is InChI=1S/C12H15N3O2S/c1-18-9-4-2-8(3-5-9)11-14-12(17-15-11)10(16)6-7-13/h2-5,10,16H,6-7,13H2,1H3/t10-/m0/s1. The van der Waals surface area contributed by atoms with Gasteiger partial charge in [-0.05, 0) is 43.5 Å². The van der Waals surface area contributed by atoms with Gasteiger partial charge < -0.3 is 15.4 Å². The second-order valence-corrected chi connectivity index (χ2v) is 4.66. The first-order valence-corrected chi connectivity index (χ1v) is 6.83. The molecule has 1 aromatic heterocycles. The summed E-state index contributed by atoms with van der Waals surface area (Å²) >= 11 is 1.67. The summed E-state index contributed by atoms with van der Waals surface area (Å²) in [6.07, 6.45) is 1.64. The average molecular weight is 265 g/mol. The number of aliphatic hydroxyl groups is 1. The molecule has 5 nitrogen and oxygen atoms in total. The highest BCUT2D eigenvalue weighted by Crippen LogP contribution is 2.22. The zero-order valence-electron chi connectivity index (χ0n) is 10.0. The molecule has 0 aliphatic carbocycles. The predicted octanol–water partition coefficient (Wildman–Crippen LogP) is 1.84. The van der Waals surface area contributed by atoms with Crippen LogP contribution in [0.2, 0.25) is 0 Å². The van der Waals surface area contributed by atoms with Crippen molar-refractivity contribution in [3.63, 3.8) is 0 Å². The minimum atomic E-state index is -0.790. The molecule has 0 saturated carbocycles. The highest BCUT2D eigenvalue weighted by molar-refractivity contribution is 7.98. The van der Waals surface area contributed by atoms with Gasteiger partial charge in [0.1, 0.15) is 6.10 Å². The van der Waals surface area contributed by atoms with E-state index in [-0.39, 0.29) is 5.89 Å². The largest absolute Gasteiger partial charge is 0.383 e. The lowest BCUT2D eigenvalue weighted by atomic mass is 10.2. The van der Waals surface area contributed by atoms with Crippen LogP contribution in [0.3, 0.4) is 0 Å². The fourth-order valence-corrected chi connectivity index (χ4v) is 1.92. The summed E-state index contributed by atoms with van der Waals surface area (Å²) in [7, 11) is 0. The SMILES string of the molecule is CSc1ccc(-c2noc([C@@H](O)CCN)n2)cc1. The van der Waals surface area contributed by atoms with Crippen molar-refractivity contribution < 1.29 is 9.63 Å². The third kappa shape index (κ3) is 2.90.